The van der Waals surface area contributed by atoms with Gasteiger partial charge in [0.15, 0.2) is 5.13 Å². The summed E-state index contributed by atoms with van der Waals surface area (Å²) in [5.41, 5.74) is 2.04. The molecule has 0 radical (unpaired) electrons. The van der Waals surface area contributed by atoms with Gasteiger partial charge >= 0.3 is 0 Å². The zero-order valence-electron chi connectivity index (χ0n) is 17.8. The molecule has 0 spiro atoms. The van der Waals surface area contributed by atoms with Crippen molar-refractivity contribution in [2.24, 2.45) is 0 Å². The molecule has 7 heteroatoms. The maximum Gasteiger partial charge on any atom is 0.260 e. The molecule has 0 saturated carbocycles. The summed E-state index contributed by atoms with van der Waals surface area (Å²) in [7, 11) is 0. The Bertz CT molecular complexity index is 1200. The van der Waals surface area contributed by atoms with Crippen LogP contribution in [0.2, 0.25) is 0 Å². The van der Waals surface area contributed by atoms with Gasteiger partial charge in [0.2, 0.25) is 0 Å². The number of ether oxygens (including phenoxy) is 1. The summed E-state index contributed by atoms with van der Waals surface area (Å²) in [6.45, 7) is 3.07. The summed E-state index contributed by atoms with van der Waals surface area (Å²) in [6.07, 6.45) is 6.62. The molecule has 2 aromatic heterocycles. The molecule has 4 rings (SSSR count). The van der Waals surface area contributed by atoms with Crippen LogP contribution in [0.1, 0.15) is 42.1 Å². The van der Waals surface area contributed by atoms with E-state index in [2.05, 4.69) is 16.9 Å². The minimum absolute atomic E-state index is 0.201. The topological polar surface area (TPSA) is 55.3 Å². The molecule has 0 saturated heterocycles. The van der Waals surface area contributed by atoms with E-state index in [1.54, 1.807) is 35.5 Å². The third-order valence-corrected chi connectivity index (χ3v) is 6.02. The van der Waals surface area contributed by atoms with Crippen LogP contribution in [0.4, 0.5) is 9.52 Å². The third-order valence-electron chi connectivity index (χ3n) is 4.98. The summed E-state index contributed by atoms with van der Waals surface area (Å²) < 4.78 is 20.2. The lowest BCUT2D eigenvalue weighted by Crippen LogP contribution is -2.30. The fraction of sp³-hybridized carbons (Fsp3) is 0.240. The van der Waals surface area contributed by atoms with Gasteiger partial charge in [0, 0.05) is 18.0 Å². The van der Waals surface area contributed by atoms with Crippen molar-refractivity contribution < 1.29 is 13.9 Å². The molecule has 164 valence electrons. The van der Waals surface area contributed by atoms with E-state index in [4.69, 9.17) is 4.74 Å². The second-order valence-electron chi connectivity index (χ2n) is 7.44. The largest absolute Gasteiger partial charge is 0.494 e. The molecule has 2 aromatic carbocycles. The lowest BCUT2D eigenvalue weighted by atomic mass is 10.1. The SMILES string of the molecule is CCCCCOc1cccc(C(=O)N(Cc2cccnc2)c2nc3ccc(F)cc3s2)c1. The van der Waals surface area contributed by atoms with Gasteiger partial charge in [-0.3, -0.25) is 14.7 Å². The highest BCUT2D eigenvalue weighted by Crippen LogP contribution is 2.31. The Balaban J connectivity index is 1.64. The van der Waals surface area contributed by atoms with Gasteiger partial charge < -0.3 is 4.74 Å². The second-order valence-corrected chi connectivity index (χ2v) is 8.45. The Morgan fingerprint density at radius 1 is 1.12 bits per heavy atom. The van der Waals surface area contributed by atoms with E-state index in [1.807, 2.05) is 24.3 Å². The number of aromatic nitrogens is 2. The number of rotatable bonds is 9. The Morgan fingerprint density at radius 3 is 2.84 bits per heavy atom. The number of hydrogen-bond donors (Lipinski definition) is 0. The van der Waals surface area contributed by atoms with Crippen molar-refractivity contribution in [2.45, 2.75) is 32.7 Å². The summed E-state index contributed by atoms with van der Waals surface area (Å²) in [5, 5.41) is 0.508. The summed E-state index contributed by atoms with van der Waals surface area (Å²) in [4.78, 5) is 23.9. The normalized spacial score (nSPS) is 10.9. The van der Waals surface area contributed by atoms with Gasteiger partial charge in [0.25, 0.3) is 5.91 Å². The number of amides is 1. The van der Waals surface area contributed by atoms with E-state index < -0.39 is 0 Å². The van der Waals surface area contributed by atoms with Crippen LogP contribution in [0, 0.1) is 5.82 Å². The van der Waals surface area contributed by atoms with E-state index in [9.17, 15) is 9.18 Å². The molecular formula is C25H24FN3O2S. The van der Waals surface area contributed by atoms with Crippen LogP contribution in [-0.4, -0.2) is 22.5 Å². The Kier molecular flexibility index (Phi) is 7.07. The molecule has 0 fully saturated rings. The first-order valence-electron chi connectivity index (χ1n) is 10.6. The molecule has 4 aromatic rings. The summed E-state index contributed by atoms with van der Waals surface area (Å²) in [6, 6.07) is 15.4. The van der Waals surface area contributed by atoms with Gasteiger partial charge in [-0.05, 0) is 54.4 Å². The fourth-order valence-corrected chi connectivity index (χ4v) is 4.31. The van der Waals surface area contributed by atoms with Crippen LogP contribution < -0.4 is 9.64 Å². The van der Waals surface area contributed by atoms with E-state index in [1.165, 1.54) is 23.5 Å². The number of hydrogen-bond acceptors (Lipinski definition) is 5. The summed E-state index contributed by atoms with van der Waals surface area (Å²) in [5.74, 6) is 0.137. The fourth-order valence-electron chi connectivity index (χ4n) is 3.32. The molecule has 0 atom stereocenters. The molecule has 0 aliphatic carbocycles. The predicted octanol–water partition coefficient (Wildman–Crippen LogP) is 6.25. The molecule has 0 N–H and O–H groups in total. The van der Waals surface area contributed by atoms with Crippen LogP contribution in [-0.2, 0) is 6.54 Å². The highest BCUT2D eigenvalue weighted by Gasteiger charge is 2.22. The van der Waals surface area contributed by atoms with E-state index in [0.717, 1.165) is 24.8 Å². The van der Waals surface area contributed by atoms with Gasteiger partial charge in [-0.15, -0.1) is 0 Å². The lowest BCUT2D eigenvalue weighted by molar-refractivity contribution is 0.0984. The molecule has 0 bridgehead atoms. The lowest BCUT2D eigenvalue weighted by Gasteiger charge is -2.20. The number of carbonyl (C=O) groups is 1. The minimum atomic E-state index is -0.328. The molecule has 32 heavy (non-hydrogen) atoms. The average Bonchev–Trinajstić information content (AvgIpc) is 3.23. The van der Waals surface area contributed by atoms with Crippen LogP contribution in [0.5, 0.6) is 5.75 Å². The Labute approximate surface area is 190 Å². The van der Waals surface area contributed by atoms with Gasteiger partial charge in [0.1, 0.15) is 11.6 Å². The first kappa shape index (κ1) is 21.9. The predicted molar refractivity (Wildman–Crippen MR) is 126 cm³/mol. The number of unbranched alkanes of at least 4 members (excludes halogenated alkanes) is 2. The van der Waals surface area contributed by atoms with Crippen molar-refractivity contribution in [1.29, 1.82) is 0 Å². The van der Waals surface area contributed by atoms with Crippen molar-refractivity contribution >= 4 is 32.6 Å². The average molecular weight is 450 g/mol. The molecule has 0 aliphatic rings. The third kappa shape index (κ3) is 5.29. The van der Waals surface area contributed by atoms with Crippen molar-refractivity contribution in [1.82, 2.24) is 9.97 Å². The number of thiazole rings is 1. The van der Waals surface area contributed by atoms with Gasteiger partial charge in [0.05, 0.1) is 23.4 Å². The minimum Gasteiger partial charge on any atom is -0.494 e. The second kappa shape index (κ2) is 10.3. The van der Waals surface area contributed by atoms with Crippen LogP contribution >= 0.6 is 11.3 Å². The maximum absolute atomic E-state index is 13.7. The van der Waals surface area contributed by atoms with Gasteiger partial charge in [-0.1, -0.05) is 43.2 Å². The molecule has 1 amide bonds. The first-order valence-corrected chi connectivity index (χ1v) is 11.5. The van der Waals surface area contributed by atoms with Crippen molar-refractivity contribution in [2.75, 3.05) is 11.5 Å². The van der Waals surface area contributed by atoms with Crippen LogP contribution in [0.25, 0.3) is 10.2 Å². The molecule has 5 nitrogen and oxygen atoms in total. The number of benzene rings is 2. The molecule has 2 heterocycles. The number of pyridine rings is 1. The van der Waals surface area contributed by atoms with Crippen molar-refractivity contribution in [3.63, 3.8) is 0 Å². The van der Waals surface area contributed by atoms with E-state index >= 15 is 0 Å². The highest BCUT2D eigenvalue weighted by atomic mass is 32.1. The van der Waals surface area contributed by atoms with Crippen molar-refractivity contribution in [3.8, 4) is 5.75 Å². The van der Waals surface area contributed by atoms with Crippen LogP contribution in [0.3, 0.4) is 0 Å². The molecular weight excluding hydrogens is 425 g/mol. The van der Waals surface area contributed by atoms with Gasteiger partial charge in [-0.25, -0.2) is 9.37 Å². The first-order chi connectivity index (χ1) is 15.6. The number of halogens is 1. The quantitative estimate of drug-likeness (QED) is 0.284. The summed E-state index contributed by atoms with van der Waals surface area (Å²) >= 11 is 1.29. The Morgan fingerprint density at radius 2 is 2.03 bits per heavy atom. The highest BCUT2D eigenvalue weighted by molar-refractivity contribution is 7.22. The standard InChI is InChI=1S/C25H24FN3O2S/c1-2-3-4-13-31-21-9-5-8-19(14-21)24(30)29(17-18-7-6-12-27-16-18)25-28-22-11-10-20(26)15-23(22)32-25/h5-12,14-16H,2-4,13,17H2,1H3. The Hall–Kier alpha value is -3.32. The number of nitrogens with zero attached hydrogens (tertiary/aromatic N) is 3. The van der Waals surface area contributed by atoms with Gasteiger partial charge in [-0.2, -0.15) is 0 Å². The van der Waals surface area contributed by atoms with E-state index in [-0.39, 0.29) is 11.7 Å². The maximum atomic E-state index is 13.7. The smallest absolute Gasteiger partial charge is 0.260 e. The zero-order chi connectivity index (χ0) is 22.3. The number of anilines is 1. The number of carbonyl (C=O) groups excluding carboxylic acids is 1. The van der Waals surface area contributed by atoms with Crippen molar-refractivity contribution in [3.05, 3.63) is 83.9 Å². The number of fused-ring (bicyclic) bond motifs is 1. The zero-order valence-corrected chi connectivity index (χ0v) is 18.6. The van der Waals surface area contributed by atoms with Crippen LogP contribution in [0.15, 0.2) is 67.0 Å². The molecule has 0 unspecified atom stereocenters. The van der Waals surface area contributed by atoms with E-state index in [0.29, 0.717) is 39.8 Å². The molecule has 0 aliphatic heterocycles. The monoisotopic (exact) mass is 449 g/mol.